The summed E-state index contributed by atoms with van der Waals surface area (Å²) in [7, 11) is 0. The van der Waals surface area contributed by atoms with Gasteiger partial charge in [-0.3, -0.25) is 14.0 Å². The molecule has 4 rings (SSSR count). The number of nitrogen functional groups attached to an aromatic ring is 1. The molecule has 156 valence electrons. The van der Waals surface area contributed by atoms with E-state index >= 15 is 0 Å². The van der Waals surface area contributed by atoms with E-state index in [1.807, 2.05) is 6.92 Å². The minimum absolute atomic E-state index is 0.130. The first-order chi connectivity index (χ1) is 14.3. The van der Waals surface area contributed by atoms with Crippen LogP contribution in [0.5, 0.6) is 0 Å². The van der Waals surface area contributed by atoms with Crippen molar-refractivity contribution < 1.29 is 13.2 Å². The lowest BCUT2D eigenvalue weighted by Gasteiger charge is -2.08. The van der Waals surface area contributed by atoms with Gasteiger partial charge in [-0.1, -0.05) is 19.1 Å². The minimum Gasteiger partial charge on any atom is -0.369 e. The van der Waals surface area contributed by atoms with Crippen molar-refractivity contribution in [3.05, 3.63) is 69.3 Å². The van der Waals surface area contributed by atoms with Gasteiger partial charge in [-0.2, -0.15) is 23.3 Å². The first kappa shape index (κ1) is 19.9. The molecule has 10 heteroatoms. The van der Waals surface area contributed by atoms with Crippen molar-refractivity contribution in [1.29, 1.82) is 0 Å². The van der Waals surface area contributed by atoms with Crippen LogP contribution in [0, 0.1) is 0 Å². The topological polar surface area (TPSA) is 91.1 Å². The molecule has 1 aliphatic heterocycles. The van der Waals surface area contributed by atoms with Crippen LogP contribution >= 0.6 is 0 Å². The summed E-state index contributed by atoms with van der Waals surface area (Å²) in [6.45, 7) is 2.60. The Morgan fingerprint density at radius 3 is 2.80 bits per heavy atom. The molecule has 0 fully saturated rings. The first-order valence-corrected chi connectivity index (χ1v) is 9.42. The van der Waals surface area contributed by atoms with Crippen LogP contribution in [0.2, 0.25) is 0 Å². The standard InChI is InChI=1S/C20H19F3N6O/c1-2-6-29-18(30)15-8-16(26-17(15)27-19(29)24)13-9-25-28(11-13)10-12-4-3-5-14(7-12)20(21,22)23/h3-5,7,9,11H,2,6,8,10H2,1H3,(H2,24,27). The molecule has 30 heavy (non-hydrogen) atoms. The maximum atomic E-state index is 12.9. The number of hydrogen-bond donors (Lipinski definition) is 1. The molecule has 0 radical (unpaired) electrons. The van der Waals surface area contributed by atoms with Gasteiger partial charge in [0.05, 0.1) is 29.6 Å². The molecule has 0 unspecified atom stereocenters. The van der Waals surface area contributed by atoms with Gasteiger partial charge in [0, 0.05) is 24.7 Å². The number of aromatic nitrogens is 4. The van der Waals surface area contributed by atoms with Crippen LogP contribution in [0.25, 0.3) is 0 Å². The first-order valence-electron chi connectivity index (χ1n) is 9.42. The lowest BCUT2D eigenvalue weighted by molar-refractivity contribution is -0.137. The number of aliphatic imine (C=N–C) groups is 1. The van der Waals surface area contributed by atoms with Gasteiger partial charge in [-0.25, -0.2) is 4.99 Å². The Morgan fingerprint density at radius 1 is 1.27 bits per heavy atom. The molecule has 0 spiro atoms. The zero-order valence-electron chi connectivity index (χ0n) is 16.1. The molecule has 1 aliphatic rings. The molecule has 7 nitrogen and oxygen atoms in total. The zero-order chi connectivity index (χ0) is 21.5. The molecular weight excluding hydrogens is 397 g/mol. The smallest absolute Gasteiger partial charge is 0.369 e. The van der Waals surface area contributed by atoms with E-state index < -0.39 is 11.7 Å². The monoisotopic (exact) mass is 416 g/mol. The summed E-state index contributed by atoms with van der Waals surface area (Å²) in [5.74, 6) is 0.441. The molecule has 0 bridgehead atoms. The summed E-state index contributed by atoms with van der Waals surface area (Å²) >= 11 is 0. The summed E-state index contributed by atoms with van der Waals surface area (Å²) < 4.78 is 41.7. The number of rotatable bonds is 5. The number of hydrogen-bond acceptors (Lipinski definition) is 5. The van der Waals surface area contributed by atoms with E-state index in [0.717, 1.165) is 18.6 Å². The van der Waals surface area contributed by atoms with Gasteiger partial charge in [0.15, 0.2) is 5.82 Å². The fourth-order valence-electron chi connectivity index (χ4n) is 3.42. The minimum atomic E-state index is -4.39. The van der Waals surface area contributed by atoms with Crippen LogP contribution in [-0.2, 0) is 25.7 Å². The predicted octanol–water partition coefficient (Wildman–Crippen LogP) is 3.18. The van der Waals surface area contributed by atoms with E-state index in [1.165, 1.54) is 15.3 Å². The number of anilines is 1. The Kier molecular flexibility index (Phi) is 4.92. The highest BCUT2D eigenvalue weighted by Crippen LogP contribution is 2.30. The molecule has 3 aromatic rings. The maximum Gasteiger partial charge on any atom is 0.416 e. The number of benzene rings is 1. The van der Waals surface area contributed by atoms with Gasteiger partial charge in [0.2, 0.25) is 5.95 Å². The van der Waals surface area contributed by atoms with Crippen molar-refractivity contribution >= 4 is 17.5 Å². The Morgan fingerprint density at radius 2 is 2.07 bits per heavy atom. The van der Waals surface area contributed by atoms with E-state index in [1.54, 1.807) is 18.5 Å². The summed E-state index contributed by atoms with van der Waals surface area (Å²) in [5.41, 5.74) is 7.25. The van der Waals surface area contributed by atoms with Crippen LogP contribution < -0.4 is 11.3 Å². The Bertz CT molecular complexity index is 1190. The third kappa shape index (κ3) is 3.72. The quantitative estimate of drug-likeness (QED) is 0.692. The second-order valence-corrected chi connectivity index (χ2v) is 7.09. The largest absolute Gasteiger partial charge is 0.416 e. The summed E-state index contributed by atoms with van der Waals surface area (Å²) in [6, 6.07) is 5.12. The van der Waals surface area contributed by atoms with Gasteiger partial charge in [0.1, 0.15) is 0 Å². The third-order valence-electron chi connectivity index (χ3n) is 4.87. The van der Waals surface area contributed by atoms with Gasteiger partial charge >= 0.3 is 6.18 Å². The van der Waals surface area contributed by atoms with Gasteiger partial charge in [-0.15, -0.1) is 0 Å². The lowest BCUT2D eigenvalue weighted by Crippen LogP contribution is -2.27. The SMILES string of the molecule is CCCn1c(N)nc2c(c1=O)CC(c1cnn(Cc3cccc(C(F)(F)F)c3)c1)=N2. The van der Waals surface area contributed by atoms with Crippen LogP contribution in [0.15, 0.2) is 46.4 Å². The number of fused-ring (bicyclic) bond motifs is 1. The van der Waals surface area contributed by atoms with Crippen molar-refractivity contribution in [3.63, 3.8) is 0 Å². The van der Waals surface area contributed by atoms with Crippen molar-refractivity contribution in [3.8, 4) is 0 Å². The second-order valence-electron chi connectivity index (χ2n) is 7.09. The lowest BCUT2D eigenvalue weighted by atomic mass is 10.1. The molecular formula is C20H19F3N6O. The number of alkyl halides is 3. The normalized spacial score (nSPS) is 13.4. The van der Waals surface area contributed by atoms with Gasteiger partial charge in [-0.05, 0) is 24.1 Å². The van der Waals surface area contributed by atoms with E-state index in [2.05, 4.69) is 15.1 Å². The summed E-state index contributed by atoms with van der Waals surface area (Å²) in [6.07, 6.45) is -0.0681. The highest BCUT2D eigenvalue weighted by Gasteiger charge is 2.30. The number of nitrogens with zero attached hydrogens (tertiary/aromatic N) is 5. The number of halogens is 3. The zero-order valence-corrected chi connectivity index (χ0v) is 16.1. The highest BCUT2D eigenvalue weighted by atomic mass is 19.4. The fourth-order valence-corrected chi connectivity index (χ4v) is 3.42. The van der Waals surface area contributed by atoms with E-state index in [0.29, 0.717) is 41.2 Å². The van der Waals surface area contributed by atoms with Crippen molar-refractivity contribution in [1.82, 2.24) is 19.3 Å². The van der Waals surface area contributed by atoms with E-state index in [-0.39, 0.29) is 18.1 Å². The molecule has 2 N–H and O–H groups in total. The summed E-state index contributed by atoms with van der Waals surface area (Å²) in [5, 5.41) is 4.22. The average molecular weight is 416 g/mol. The average Bonchev–Trinajstić information content (AvgIpc) is 3.32. The molecule has 0 saturated carbocycles. The molecule has 3 heterocycles. The van der Waals surface area contributed by atoms with Crippen molar-refractivity contribution in [2.45, 2.75) is 39.0 Å². The van der Waals surface area contributed by atoms with Crippen LogP contribution in [0.4, 0.5) is 24.9 Å². The Labute approximate surface area is 169 Å². The Hall–Kier alpha value is -3.43. The molecule has 1 aromatic carbocycles. The number of nitrogens with two attached hydrogens (primary N) is 1. The molecule has 2 aromatic heterocycles. The molecule has 0 saturated heterocycles. The maximum absolute atomic E-state index is 12.9. The van der Waals surface area contributed by atoms with E-state index in [9.17, 15) is 18.0 Å². The second kappa shape index (κ2) is 7.43. The van der Waals surface area contributed by atoms with Gasteiger partial charge in [0.25, 0.3) is 5.56 Å². The molecule has 0 aliphatic carbocycles. The fraction of sp³-hybridized carbons (Fsp3) is 0.300. The Balaban J connectivity index is 1.56. The molecule has 0 atom stereocenters. The van der Waals surface area contributed by atoms with Crippen molar-refractivity contribution in [2.75, 3.05) is 5.73 Å². The van der Waals surface area contributed by atoms with Crippen LogP contribution in [0.1, 0.15) is 35.6 Å². The third-order valence-corrected chi connectivity index (χ3v) is 4.87. The predicted molar refractivity (Wildman–Crippen MR) is 106 cm³/mol. The van der Waals surface area contributed by atoms with Crippen LogP contribution in [-0.4, -0.2) is 25.0 Å². The highest BCUT2D eigenvalue weighted by molar-refractivity contribution is 6.05. The summed E-state index contributed by atoms with van der Waals surface area (Å²) in [4.78, 5) is 21.3. The van der Waals surface area contributed by atoms with Gasteiger partial charge < -0.3 is 5.73 Å². The van der Waals surface area contributed by atoms with Crippen LogP contribution in [0.3, 0.4) is 0 Å². The molecule has 0 amide bonds. The van der Waals surface area contributed by atoms with Crippen molar-refractivity contribution in [2.24, 2.45) is 4.99 Å². The van der Waals surface area contributed by atoms with E-state index in [4.69, 9.17) is 5.73 Å².